The molecule has 0 spiro atoms. The maximum Gasteiger partial charge on any atom is 0.226 e. The van der Waals surface area contributed by atoms with Gasteiger partial charge in [0, 0.05) is 11.9 Å². The lowest BCUT2D eigenvalue weighted by atomic mass is 10.1. The first-order valence-electron chi connectivity index (χ1n) is 9.25. The number of amides is 1. The molecule has 0 aliphatic carbocycles. The topological polar surface area (TPSA) is 60.5 Å². The van der Waals surface area contributed by atoms with Crippen molar-refractivity contribution in [2.24, 2.45) is 0 Å². The van der Waals surface area contributed by atoms with E-state index in [0.717, 1.165) is 21.9 Å². The van der Waals surface area contributed by atoms with Gasteiger partial charge < -0.3 is 14.8 Å². The SMILES string of the molecule is COc1ccc(C)cc1CCNC(=O)Cc1csc(COc2ccc(F)cc2)n1. The van der Waals surface area contributed by atoms with Crippen LogP contribution < -0.4 is 14.8 Å². The zero-order chi connectivity index (χ0) is 20.6. The molecule has 0 aliphatic heterocycles. The second-order valence-corrected chi connectivity index (χ2v) is 7.51. The van der Waals surface area contributed by atoms with E-state index in [4.69, 9.17) is 9.47 Å². The molecule has 0 atom stereocenters. The Hall–Kier alpha value is -2.93. The minimum absolute atomic E-state index is 0.0760. The number of hydrogen-bond donors (Lipinski definition) is 1. The number of aromatic nitrogens is 1. The van der Waals surface area contributed by atoms with Gasteiger partial charge in [0.1, 0.15) is 28.9 Å². The molecule has 29 heavy (non-hydrogen) atoms. The van der Waals surface area contributed by atoms with Crippen LogP contribution in [0.3, 0.4) is 0 Å². The Labute approximate surface area is 173 Å². The number of benzene rings is 2. The van der Waals surface area contributed by atoms with E-state index in [0.29, 0.717) is 24.4 Å². The number of carbonyl (C=O) groups excluding carboxylic acids is 1. The average molecular weight is 415 g/mol. The predicted octanol–water partition coefficient (Wildman–Crippen LogP) is 4.08. The maximum atomic E-state index is 12.9. The highest BCUT2D eigenvalue weighted by atomic mass is 32.1. The number of nitrogens with one attached hydrogen (secondary N) is 1. The van der Waals surface area contributed by atoms with E-state index >= 15 is 0 Å². The van der Waals surface area contributed by atoms with Gasteiger partial charge in [-0.25, -0.2) is 9.37 Å². The van der Waals surface area contributed by atoms with Gasteiger partial charge in [-0.3, -0.25) is 4.79 Å². The molecule has 152 valence electrons. The molecule has 1 aromatic heterocycles. The Morgan fingerprint density at radius 2 is 2.00 bits per heavy atom. The zero-order valence-electron chi connectivity index (χ0n) is 16.4. The minimum Gasteiger partial charge on any atom is -0.496 e. The maximum absolute atomic E-state index is 12.9. The molecular formula is C22H23FN2O3S. The second-order valence-electron chi connectivity index (χ2n) is 6.57. The van der Waals surface area contributed by atoms with Crippen molar-refractivity contribution in [2.75, 3.05) is 13.7 Å². The summed E-state index contributed by atoms with van der Waals surface area (Å²) >= 11 is 1.43. The summed E-state index contributed by atoms with van der Waals surface area (Å²) in [6.45, 7) is 2.84. The van der Waals surface area contributed by atoms with Crippen molar-refractivity contribution in [3.05, 3.63) is 75.5 Å². The number of rotatable bonds is 9. The first kappa shape index (κ1) is 20.8. The molecule has 0 unspecified atom stereocenters. The van der Waals surface area contributed by atoms with Crippen LogP contribution in [-0.2, 0) is 24.2 Å². The van der Waals surface area contributed by atoms with Crippen LogP contribution in [0.15, 0.2) is 47.8 Å². The van der Waals surface area contributed by atoms with Crippen LogP contribution in [0.25, 0.3) is 0 Å². The molecule has 5 nitrogen and oxygen atoms in total. The summed E-state index contributed by atoms with van der Waals surface area (Å²) in [7, 11) is 1.65. The summed E-state index contributed by atoms with van der Waals surface area (Å²) < 4.78 is 23.9. The summed E-state index contributed by atoms with van der Waals surface area (Å²) in [6.07, 6.45) is 0.919. The molecule has 0 aliphatic rings. The van der Waals surface area contributed by atoms with E-state index in [1.54, 1.807) is 19.2 Å². The fraction of sp³-hybridized carbons (Fsp3) is 0.273. The van der Waals surface area contributed by atoms with Gasteiger partial charge in [-0.1, -0.05) is 17.7 Å². The summed E-state index contributed by atoms with van der Waals surface area (Å²) in [6, 6.07) is 11.8. The number of halogens is 1. The Kier molecular flexibility index (Phi) is 7.19. The van der Waals surface area contributed by atoms with E-state index in [-0.39, 0.29) is 24.8 Å². The van der Waals surface area contributed by atoms with Gasteiger partial charge in [-0.2, -0.15) is 0 Å². The van der Waals surface area contributed by atoms with Crippen molar-refractivity contribution in [1.82, 2.24) is 10.3 Å². The van der Waals surface area contributed by atoms with Crippen LogP contribution >= 0.6 is 11.3 Å². The van der Waals surface area contributed by atoms with Crippen LogP contribution in [0.1, 0.15) is 21.8 Å². The number of thiazole rings is 1. The molecule has 3 rings (SSSR count). The highest BCUT2D eigenvalue weighted by Gasteiger charge is 2.09. The van der Waals surface area contributed by atoms with E-state index in [9.17, 15) is 9.18 Å². The van der Waals surface area contributed by atoms with E-state index in [2.05, 4.69) is 16.4 Å². The van der Waals surface area contributed by atoms with E-state index in [1.807, 2.05) is 24.4 Å². The minimum atomic E-state index is -0.305. The van der Waals surface area contributed by atoms with Crippen molar-refractivity contribution in [1.29, 1.82) is 0 Å². The molecule has 1 heterocycles. The van der Waals surface area contributed by atoms with Crippen molar-refractivity contribution >= 4 is 17.2 Å². The standard InChI is InChI=1S/C22H23FN2O3S/c1-15-3-8-20(27-2)16(11-15)9-10-24-21(26)12-18-14-29-22(25-18)13-28-19-6-4-17(23)5-7-19/h3-8,11,14H,9-10,12-13H2,1-2H3,(H,24,26). The Balaban J connectivity index is 1.44. The summed E-state index contributed by atoms with van der Waals surface area (Å²) in [5.74, 6) is 1.02. The molecule has 1 N–H and O–H groups in total. The Morgan fingerprint density at radius 1 is 1.21 bits per heavy atom. The molecule has 7 heteroatoms. The van der Waals surface area contributed by atoms with Crippen molar-refractivity contribution in [3.63, 3.8) is 0 Å². The monoisotopic (exact) mass is 414 g/mol. The molecule has 0 radical (unpaired) electrons. The number of nitrogens with zero attached hydrogens (tertiary/aromatic N) is 1. The van der Waals surface area contributed by atoms with Crippen LogP contribution in [-0.4, -0.2) is 24.5 Å². The highest BCUT2D eigenvalue weighted by molar-refractivity contribution is 7.09. The van der Waals surface area contributed by atoms with E-state index in [1.165, 1.54) is 23.5 Å². The molecule has 0 saturated carbocycles. The molecular weight excluding hydrogens is 391 g/mol. The third kappa shape index (κ3) is 6.29. The number of aryl methyl sites for hydroxylation is 1. The van der Waals surface area contributed by atoms with Crippen LogP contribution in [0.5, 0.6) is 11.5 Å². The predicted molar refractivity (Wildman–Crippen MR) is 111 cm³/mol. The van der Waals surface area contributed by atoms with Crippen molar-refractivity contribution in [2.45, 2.75) is 26.4 Å². The number of ether oxygens (including phenoxy) is 2. The lowest BCUT2D eigenvalue weighted by Gasteiger charge is -2.10. The van der Waals surface area contributed by atoms with Gasteiger partial charge in [-0.15, -0.1) is 11.3 Å². The van der Waals surface area contributed by atoms with Gasteiger partial charge in [-0.05, 0) is 49.2 Å². The molecule has 0 fully saturated rings. The average Bonchev–Trinajstić information content (AvgIpc) is 3.15. The summed E-state index contributed by atoms with van der Waals surface area (Å²) in [5.41, 5.74) is 2.94. The quantitative estimate of drug-likeness (QED) is 0.573. The number of hydrogen-bond acceptors (Lipinski definition) is 5. The van der Waals surface area contributed by atoms with Crippen molar-refractivity contribution < 1.29 is 18.7 Å². The largest absolute Gasteiger partial charge is 0.496 e. The van der Waals surface area contributed by atoms with Gasteiger partial charge in [0.15, 0.2) is 0 Å². The zero-order valence-corrected chi connectivity index (χ0v) is 17.2. The highest BCUT2D eigenvalue weighted by Crippen LogP contribution is 2.20. The van der Waals surface area contributed by atoms with Gasteiger partial charge in [0.2, 0.25) is 5.91 Å². The number of methoxy groups -OCH3 is 1. The van der Waals surface area contributed by atoms with Crippen LogP contribution in [0.4, 0.5) is 4.39 Å². The Bertz CT molecular complexity index is 957. The fourth-order valence-corrected chi connectivity index (χ4v) is 3.54. The van der Waals surface area contributed by atoms with Crippen LogP contribution in [0, 0.1) is 12.7 Å². The second kappa shape index (κ2) is 10.0. The van der Waals surface area contributed by atoms with Gasteiger partial charge in [0.25, 0.3) is 0 Å². The fourth-order valence-electron chi connectivity index (χ4n) is 2.84. The normalized spacial score (nSPS) is 10.6. The van der Waals surface area contributed by atoms with Crippen molar-refractivity contribution in [3.8, 4) is 11.5 Å². The summed E-state index contributed by atoms with van der Waals surface area (Å²) in [5, 5.41) is 5.55. The van der Waals surface area contributed by atoms with Gasteiger partial charge >= 0.3 is 0 Å². The molecule has 3 aromatic rings. The molecule has 0 bridgehead atoms. The first-order chi connectivity index (χ1) is 14.0. The molecule has 0 saturated heterocycles. The molecule has 1 amide bonds. The number of carbonyl (C=O) groups is 1. The first-order valence-corrected chi connectivity index (χ1v) is 10.1. The van der Waals surface area contributed by atoms with Gasteiger partial charge in [0.05, 0.1) is 19.2 Å². The van der Waals surface area contributed by atoms with E-state index < -0.39 is 0 Å². The molecule has 2 aromatic carbocycles. The third-order valence-electron chi connectivity index (χ3n) is 4.27. The lowest BCUT2D eigenvalue weighted by molar-refractivity contribution is -0.120. The van der Waals surface area contributed by atoms with Crippen LogP contribution in [0.2, 0.25) is 0 Å². The lowest BCUT2D eigenvalue weighted by Crippen LogP contribution is -2.27. The summed E-state index contributed by atoms with van der Waals surface area (Å²) in [4.78, 5) is 16.6. The third-order valence-corrected chi connectivity index (χ3v) is 5.14. The Morgan fingerprint density at radius 3 is 2.76 bits per heavy atom. The smallest absolute Gasteiger partial charge is 0.226 e.